The molecule has 0 spiro atoms. The minimum atomic E-state index is -0.507. The van der Waals surface area contributed by atoms with Crippen molar-refractivity contribution in [2.45, 2.75) is 38.6 Å². The van der Waals surface area contributed by atoms with Crippen molar-refractivity contribution in [2.24, 2.45) is 0 Å². The molecule has 0 aromatic heterocycles. The zero-order valence-electron chi connectivity index (χ0n) is 10.0. The third-order valence-electron chi connectivity index (χ3n) is 2.94. The van der Waals surface area contributed by atoms with E-state index < -0.39 is 6.10 Å². The van der Waals surface area contributed by atoms with E-state index in [9.17, 15) is 9.50 Å². The van der Waals surface area contributed by atoms with Gasteiger partial charge in [-0.3, -0.25) is 0 Å². The first kappa shape index (κ1) is 12.3. The third kappa shape index (κ3) is 2.58. The number of rotatable bonds is 4. The first-order valence-corrected chi connectivity index (χ1v) is 5.84. The number of aliphatic hydroxyl groups is 1. The topological polar surface area (TPSA) is 38.7 Å². The second-order valence-electron chi connectivity index (χ2n) is 4.31. The molecule has 0 saturated heterocycles. The van der Waals surface area contributed by atoms with E-state index in [0.29, 0.717) is 13.0 Å². The van der Waals surface area contributed by atoms with Gasteiger partial charge in [-0.25, -0.2) is 4.39 Å². The highest BCUT2D eigenvalue weighted by atomic mass is 19.1. The first-order valence-electron chi connectivity index (χ1n) is 5.84. The summed E-state index contributed by atoms with van der Waals surface area (Å²) in [5, 5.41) is 9.51. The van der Waals surface area contributed by atoms with E-state index in [0.717, 1.165) is 5.56 Å². The van der Waals surface area contributed by atoms with E-state index in [2.05, 4.69) is 0 Å². The van der Waals surface area contributed by atoms with Gasteiger partial charge in [0.2, 0.25) is 0 Å². The summed E-state index contributed by atoms with van der Waals surface area (Å²) in [4.78, 5) is 0. The molecule has 0 heterocycles. The van der Waals surface area contributed by atoms with Gasteiger partial charge in [0, 0.05) is 13.0 Å². The molecule has 3 nitrogen and oxygen atoms in total. The van der Waals surface area contributed by atoms with Crippen LogP contribution in [0.1, 0.15) is 18.9 Å². The lowest BCUT2D eigenvalue weighted by atomic mass is 9.88. The lowest BCUT2D eigenvalue weighted by Crippen LogP contribution is -2.55. The van der Waals surface area contributed by atoms with Crippen molar-refractivity contribution in [3.05, 3.63) is 29.6 Å². The molecule has 17 heavy (non-hydrogen) atoms. The van der Waals surface area contributed by atoms with E-state index in [1.165, 1.54) is 6.07 Å². The molecule has 1 aromatic rings. The molecule has 94 valence electrons. The average Bonchev–Trinajstić information content (AvgIpc) is 2.30. The molecule has 1 fully saturated rings. The summed E-state index contributed by atoms with van der Waals surface area (Å²) in [6.07, 6.45) is -0.633. The number of aryl methyl sites for hydroxylation is 1. The molecule has 0 aliphatic heterocycles. The first-order chi connectivity index (χ1) is 8.11. The molecule has 1 aliphatic carbocycles. The fourth-order valence-corrected chi connectivity index (χ4v) is 1.95. The Balaban J connectivity index is 2.03. The molecule has 2 rings (SSSR count). The number of aliphatic hydroxyl groups excluding tert-OH is 1. The second kappa shape index (κ2) is 5.02. The molecule has 0 amide bonds. The van der Waals surface area contributed by atoms with Gasteiger partial charge in [0.05, 0.1) is 6.10 Å². The molecule has 3 atom stereocenters. The summed E-state index contributed by atoms with van der Waals surface area (Å²) in [5.41, 5.74) is 0.939. The largest absolute Gasteiger partial charge is 0.484 e. The number of halogens is 1. The minimum Gasteiger partial charge on any atom is -0.484 e. The van der Waals surface area contributed by atoms with Crippen LogP contribution in [-0.4, -0.2) is 30.0 Å². The lowest BCUT2D eigenvalue weighted by molar-refractivity contribution is -0.161. The van der Waals surface area contributed by atoms with E-state index >= 15 is 0 Å². The van der Waals surface area contributed by atoms with Crippen molar-refractivity contribution in [2.75, 3.05) is 6.61 Å². The predicted molar refractivity (Wildman–Crippen MR) is 61.6 cm³/mol. The van der Waals surface area contributed by atoms with Crippen LogP contribution in [0.25, 0.3) is 0 Å². The van der Waals surface area contributed by atoms with Crippen LogP contribution in [-0.2, 0) is 4.74 Å². The Kier molecular flexibility index (Phi) is 3.64. The van der Waals surface area contributed by atoms with Crippen molar-refractivity contribution < 1.29 is 19.0 Å². The van der Waals surface area contributed by atoms with Crippen LogP contribution >= 0.6 is 0 Å². The van der Waals surface area contributed by atoms with Gasteiger partial charge in [-0.2, -0.15) is 0 Å². The molecule has 4 heteroatoms. The zero-order valence-corrected chi connectivity index (χ0v) is 10.0. The Morgan fingerprint density at radius 2 is 2.24 bits per heavy atom. The van der Waals surface area contributed by atoms with E-state index in [-0.39, 0.29) is 23.8 Å². The maximum absolute atomic E-state index is 13.5. The van der Waals surface area contributed by atoms with Crippen LogP contribution in [0.4, 0.5) is 4.39 Å². The van der Waals surface area contributed by atoms with E-state index in [1.54, 1.807) is 12.1 Å². The molecular weight excluding hydrogens is 223 g/mol. The van der Waals surface area contributed by atoms with Crippen LogP contribution in [0.5, 0.6) is 5.75 Å². The van der Waals surface area contributed by atoms with Crippen molar-refractivity contribution >= 4 is 0 Å². The lowest BCUT2D eigenvalue weighted by Gasteiger charge is -2.40. The van der Waals surface area contributed by atoms with Crippen molar-refractivity contribution in [1.82, 2.24) is 0 Å². The van der Waals surface area contributed by atoms with E-state index in [1.807, 2.05) is 13.8 Å². The van der Waals surface area contributed by atoms with Crippen molar-refractivity contribution in [1.29, 1.82) is 0 Å². The average molecular weight is 240 g/mol. The Morgan fingerprint density at radius 3 is 2.88 bits per heavy atom. The summed E-state index contributed by atoms with van der Waals surface area (Å²) < 4.78 is 24.4. The quantitative estimate of drug-likeness (QED) is 0.875. The molecule has 3 unspecified atom stereocenters. The number of hydrogen-bond donors (Lipinski definition) is 1. The van der Waals surface area contributed by atoms with Gasteiger partial charge in [-0.15, -0.1) is 0 Å². The monoisotopic (exact) mass is 240 g/mol. The maximum Gasteiger partial charge on any atom is 0.165 e. The minimum absolute atomic E-state index is 0.228. The van der Waals surface area contributed by atoms with Gasteiger partial charge < -0.3 is 14.6 Å². The van der Waals surface area contributed by atoms with Crippen LogP contribution in [0, 0.1) is 12.7 Å². The molecular formula is C13H17FO3. The maximum atomic E-state index is 13.5. The Hall–Kier alpha value is -1.13. The zero-order chi connectivity index (χ0) is 12.4. The van der Waals surface area contributed by atoms with E-state index in [4.69, 9.17) is 9.47 Å². The third-order valence-corrected chi connectivity index (χ3v) is 2.94. The molecule has 1 aliphatic rings. The number of benzene rings is 1. The predicted octanol–water partition coefficient (Wildman–Crippen LogP) is 2.05. The Labute approximate surface area is 100 Å². The molecule has 1 saturated carbocycles. The van der Waals surface area contributed by atoms with Crippen molar-refractivity contribution in [3.8, 4) is 5.75 Å². The summed E-state index contributed by atoms with van der Waals surface area (Å²) in [6.45, 7) is 4.25. The highest BCUT2D eigenvalue weighted by molar-refractivity contribution is 5.30. The fraction of sp³-hybridized carbons (Fsp3) is 0.538. The standard InChI is InChI=1S/C13H17FO3/c1-3-16-13-10(15)7-12(13)17-11-6-8(2)4-5-9(11)14/h4-6,10,12-13,15H,3,7H2,1-2H3. The Morgan fingerprint density at radius 1 is 1.47 bits per heavy atom. The van der Waals surface area contributed by atoms with Gasteiger partial charge in [0.25, 0.3) is 0 Å². The molecule has 1 N–H and O–H groups in total. The number of ether oxygens (including phenoxy) is 2. The van der Waals surface area contributed by atoms with Gasteiger partial charge in [-0.1, -0.05) is 6.07 Å². The SMILES string of the molecule is CCOC1C(O)CC1Oc1cc(C)ccc1F. The van der Waals surface area contributed by atoms with Gasteiger partial charge in [0.15, 0.2) is 11.6 Å². The van der Waals surface area contributed by atoms with Crippen LogP contribution in [0.3, 0.4) is 0 Å². The summed E-state index contributed by atoms with van der Waals surface area (Å²) in [5.74, 6) is -0.154. The molecule has 1 aromatic carbocycles. The highest BCUT2D eigenvalue weighted by Gasteiger charge is 2.43. The van der Waals surface area contributed by atoms with Crippen molar-refractivity contribution in [3.63, 3.8) is 0 Å². The van der Waals surface area contributed by atoms with Gasteiger partial charge in [0.1, 0.15) is 12.2 Å². The fourth-order valence-electron chi connectivity index (χ4n) is 1.95. The van der Waals surface area contributed by atoms with Crippen LogP contribution < -0.4 is 4.74 Å². The summed E-state index contributed by atoms with van der Waals surface area (Å²) in [6, 6.07) is 4.73. The summed E-state index contributed by atoms with van der Waals surface area (Å²) >= 11 is 0. The molecule has 0 bridgehead atoms. The smallest absolute Gasteiger partial charge is 0.165 e. The number of hydrogen-bond acceptors (Lipinski definition) is 3. The molecule has 0 radical (unpaired) electrons. The van der Waals surface area contributed by atoms with Crippen LogP contribution in [0.15, 0.2) is 18.2 Å². The van der Waals surface area contributed by atoms with Gasteiger partial charge in [-0.05, 0) is 31.5 Å². The highest BCUT2D eigenvalue weighted by Crippen LogP contribution is 2.30. The second-order valence-corrected chi connectivity index (χ2v) is 4.31. The van der Waals surface area contributed by atoms with Crippen LogP contribution in [0.2, 0.25) is 0 Å². The Bertz CT molecular complexity index is 394. The summed E-state index contributed by atoms with van der Waals surface area (Å²) in [7, 11) is 0. The van der Waals surface area contributed by atoms with Gasteiger partial charge >= 0.3 is 0 Å². The normalized spacial score (nSPS) is 27.6.